The minimum absolute atomic E-state index is 0.0849. The van der Waals surface area contributed by atoms with Crippen molar-refractivity contribution in [3.05, 3.63) is 83.9 Å². The van der Waals surface area contributed by atoms with Gasteiger partial charge in [-0.2, -0.15) is 5.06 Å². The summed E-state index contributed by atoms with van der Waals surface area (Å²) in [5.74, 6) is -0.226. The van der Waals surface area contributed by atoms with Crippen molar-refractivity contribution in [3.8, 4) is 0 Å². The molecule has 0 aliphatic carbocycles. The number of nitrogens with zero attached hydrogens (tertiary/aromatic N) is 1. The van der Waals surface area contributed by atoms with E-state index in [2.05, 4.69) is 6.58 Å². The molecule has 0 amide bonds. The summed E-state index contributed by atoms with van der Waals surface area (Å²) in [5, 5.41) is 11.8. The lowest BCUT2D eigenvalue weighted by Crippen LogP contribution is -2.38. The second-order valence-electron chi connectivity index (χ2n) is 6.75. The van der Waals surface area contributed by atoms with Gasteiger partial charge in [-0.3, -0.25) is 4.79 Å². The molecule has 2 aromatic rings. The molecule has 0 saturated heterocycles. The maximum Gasteiger partial charge on any atom is 0.310 e. The van der Waals surface area contributed by atoms with E-state index >= 15 is 0 Å². The summed E-state index contributed by atoms with van der Waals surface area (Å²) in [4.78, 5) is 12.2. The first-order valence-corrected chi connectivity index (χ1v) is 8.84. The summed E-state index contributed by atoms with van der Waals surface area (Å²) in [6.07, 6.45) is 0.0849. The highest BCUT2D eigenvalue weighted by Crippen LogP contribution is 2.22. The maximum absolute atomic E-state index is 12.2. The number of rotatable bonds is 9. The van der Waals surface area contributed by atoms with Crippen LogP contribution in [0.25, 0.3) is 0 Å². The van der Waals surface area contributed by atoms with Crippen LogP contribution in [0, 0.1) is 5.92 Å². The lowest BCUT2D eigenvalue weighted by atomic mass is 9.94. The maximum atomic E-state index is 12.2. The standard InChI is InChI=1S/C22H27NO3/c1-17(2)22(23(25)15-19-10-6-4-7-11-19)18(3)14-21(24)26-16-20-12-8-5-9-13-20/h4-13,17,22,25H,3,14-16H2,1-2H3. The van der Waals surface area contributed by atoms with Crippen molar-refractivity contribution in [2.24, 2.45) is 5.92 Å². The van der Waals surface area contributed by atoms with Crippen molar-refractivity contribution in [1.82, 2.24) is 5.06 Å². The number of hydroxylamine groups is 2. The van der Waals surface area contributed by atoms with E-state index in [-0.39, 0.29) is 31.0 Å². The van der Waals surface area contributed by atoms with Gasteiger partial charge < -0.3 is 9.94 Å². The Balaban J connectivity index is 1.91. The van der Waals surface area contributed by atoms with Gasteiger partial charge in [-0.15, -0.1) is 0 Å². The predicted molar refractivity (Wildman–Crippen MR) is 102 cm³/mol. The highest BCUT2D eigenvalue weighted by Gasteiger charge is 2.25. The Kier molecular flexibility index (Phi) is 7.57. The zero-order valence-electron chi connectivity index (χ0n) is 15.5. The summed E-state index contributed by atoms with van der Waals surface area (Å²) >= 11 is 0. The van der Waals surface area contributed by atoms with Crippen LogP contribution in [-0.4, -0.2) is 22.3 Å². The second-order valence-corrected chi connectivity index (χ2v) is 6.75. The van der Waals surface area contributed by atoms with Gasteiger partial charge in [0, 0.05) is 6.54 Å². The molecule has 2 aromatic carbocycles. The van der Waals surface area contributed by atoms with Crippen LogP contribution in [0.3, 0.4) is 0 Å². The lowest BCUT2D eigenvalue weighted by Gasteiger charge is -2.30. The fourth-order valence-corrected chi connectivity index (χ4v) is 2.97. The Hall–Kier alpha value is -2.43. The number of hydrogen-bond acceptors (Lipinski definition) is 4. The molecule has 0 aliphatic rings. The second kappa shape index (κ2) is 9.90. The Morgan fingerprint density at radius 2 is 1.58 bits per heavy atom. The Bertz CT molecular complexity index is 698. The molecule has 0 radical (unpaired) electrons. The fourth-order valence-electron chi connectivity index (χ4n) is 2.97. The summed E-state index contributed by atoms with van der Waals surface area (Å²) in [6.45, 7) is 8.65. The van der Waals surface area contributed by atoms with Crippen molar-refractivity contribution >= 4 is 5.97 Å². The molecule has 0 heterocycles. The van der Waals surface area contributed by atoms with Gasteiger partial charge in [0.05, 0.1) is 12.5 Å². The van der Waals surface area contributed by atoms with Crippen LogP contribution in [0.5, 0.6) is 0 Å². The quantitative estimate of drug-likeness (QED) is 0.407. The Labute approximate surface area is 155 Å². The third-order valence-electron chi connectivity index (χ3n) is 4.17. The average molecular weight is 353 g/mol. The molecule has 26 heavy (non-hydrogen) atoms. The number of ether oxygens (including phenoxy) is 1. The monoisotopic (exact) mass is 353 g/mol. The van der Waals surface area contributed by atoms with Gasteiger partial charge >= 0.3 is 5.97 Å². The highest BCUT2D eigenvalue weighted by molar-refractivity contribution is 5.72. The van der Waals surface area contributed by atoms with E-state index in [0.717, 1.165) is 11.1 Å². The molecule has 0 saturated carbocycles. The van der Waals surface area contributed by atoms with E-state index in [1.165, 1.54) is 5.06 Å². The number of esters is 1. The molecule has 138 valence electrons. The van der Waals surface area contributed by atoms with E-state index in [4.69, 9.17) is 4.74 Å². The molecule has 0 aromatic heterocycles. The molecule has 0 spiro atoms. The van der Waals surface area contributed by atoms with Crippen LogP contribution in [-0.2, 0) is 22.7 Å². The molecule has 1 unspecified atom stereocenters. The minimum Gasteiger partial charge on any atom is -0.461 e. The number of hydrogen-bond donors (Lipinski definition) is 1. The molecular weight excluding hydrogens is 326 g/mol. The van der Waals surface area contributed by atoms with Gasteiger partial charge in [0.25, 0.3) is 0 Å². The summed E-state index contributed by atoms with van der Waals surface area (Å²) < 4.78 is 5.33. The number of carbonyl (C=O) groups is 1. The predicted octanol–water partition coefficient (Wildman–Crippen LogP) is 4.59. The molecule has 4 heteroatoms. The SMILES string of the molecule is C=C(CC(=O)OCc1ccccc1)C(C(C)C)N(O)Cc1ccccc1. The van der Waals surface area contributed by atoms with Gasteiger partial charge in [-0.25, -0.2) is 0 Å². The van der Waals surface area contributed by atoms with Crippen molar-refractivity contribution < 1.29 is 14.7 Å². The van der Waals surface area contributed by atoms with Gasteiger partial charge in [0.15, 0.2) is 0 Å². The third kappa shape index (κ3) is 6.14. The molecule has 4 nitrogen and oxygen atoms in total. The normalized spacial score (nSPS) is 12.2. The van der Waals surface area contributed by atoms with Crippen LogP contribution in [0.2, 0.25) is 0 Å². The Morgan fingerprint density at radius 1 is 1.04 bits per heavy atom. The van der Waals surface area contributed by atoms with Gasteiger partial charge in [0.1, 0.15) is 6.61 Å². The van der Waals surface area contributed by atoms with Crippen LogP contribution in [0.4, 0.5) is 0 Å². The molecule has 0 bridgehead atoms. The molecular formula is C22H27NO3. The summed E-state index contributed by atoms with van der Waals surface area (Å²) in [5.41, 5.74) is 2.59. The summed E-state index contributed by atoms with van der Waals surface area (Å²) in [6, 6.07) is 19.0. The zero-order valence-corrected chi connectivity index (χ0v) is 15.5. The van der Waals surface area contributed by atoms with Crippen molar-refractivity contribution in [2.75, 3.05) is 0 Å². The molecule has 1 atom stereocenters. The van der Waals surface area contributed by atoms with E-state index < -0.39 is 0 Å². The van der Waals surface area contributed by atoms with Crippen LogP contribution < -0.4 is 0 Å². The van der Waals surface area contributed by atoms with Gasteiger partial charge in [-0.1, -0.05) is 81.1 Å². The zero-order chi connectivity index (χ0) is 18.9. The van der Waals surface area contributed by atoms with Crippen molar-refractivity contribution in [2.45, 2.75) is 39.5 Å². The Morgan fingerprint density at radius 3 is 2.12 bits per heavy atom. The van der Waals surface area contributed by atoms with E-state index in [1.807, 2.05) is 74.5 Å². The molecule has 0 fully saturated rings. The van der Waals surface area contributed by atoms with Crippen LogP contribution in [0.15, 0.2) is 72.8 Å². The molecule has 1 N–H and O–H groups in total. The highest BCUT2D eigenvalue weighted by atomic mass is 16.5. The first-order chi connectivity index (χ1) is 12.5. The largest absolute Gasteiger partial charge is 0.461 e. The van der Waals surface area contributed by atoms with Crippen LogP contribution >= 0.6 is 0 Å². The topological polar surface area (TPSA) is 49.8 Å². The van der Waals surface area contributed by atoms with E-state index in [0.29, 0.717) is 12.1 Å². The van der Waals surface area contributed by atoms with Crippen LogP contribution in [0.1, 0.15) is 31.4 Å². The number of carbonyl (C=O) groups excluding carboxylic acids is 1. The number of benzene rings is 2. The molecule has 2 rings (SSSR count). The smallest absolute Gasteiger partial charge is 0.310 e. The van der Waals surface area contributed by atoms with Crippen molar-refractivity contribution in [1.29, 1.82) is 0 Å². The molecule has 0 aliphatic heterocycles. The minimum atomic E-state index is -0.336. The first kappa shape index (κ1) is 19.9. The van der Waals surface area contributed by atoms with Gasteiger partial charge in [-0.05, 0) is 22.6 Å². The lowest BCUT2D eigenvalue weighted by molar-refractivity contribution is -0.147. The van der Waals surface area contributed by atoms with Gasteiger partial charge in [0.2, 0.25) is 0 Å². The first-order valence-electron chi connectivity index (χ1n) is 8.84. The van der Waals surface area contributed by atoms with E-state index in [9.17, 15) is 10.0 Å². The van der Waals surface area contributed by atoms with Crippen molar-refractivity contribution in [3.63, 3.8) is 0 Å². The fraction of sp³-hybridized carbons (Fsp3) is 0.318. The average Bonchev–Trinajstić information content (AvgIpc) is 2.61. The van der Waals surface area contributed by atoms with E-state index in [1.54, 1.807) is 0 Å². The third-order valence-corrected chi connectivity index (χ3v) is 4.17. The summed E-state index contributed by atoms with van der Waals surface area (Å²) in [7, 11) is 0.